The number of benzene rings is 1. The van der Waals surface area contributed by atoms with Crippen LogP contribution in [0.4, 0.5) is 15.9 Å². The molecule has 170 valence electrons. The Labute approximate surface area is 189 Å². The monoisotopic (exact) mass is 469 g/mol. The Hall–Kier alpha value is -3.72. The van der Waals surface area contributed by atoms with Crippen LogP contribution in [0, 0.1) is 17.1 Å². The van der Waals surface area contributed by atoms with E-state index < -0.39 is 28.0 Å². The summed E-state index contributed by atoms with van der Waals surface area (Å²) in [5, 5.41) is 14.2. The number of aromatic nitrogens is 4. The minimum Gasteiger partial charge on any atom is -0.467 e. The van der Waals surface area contributed by atoms with Crippen LogP contribution in [0.15, 0.2) is 24.4 Å². The van der Waals surface area contributed by atoms with Crippen molar-refractivity contribution in [2.24, 2.45) is 7.05 Å². The summed E-state index contributed by atoms with van der Waals surface area (Å²) in [5.41, 5.74) is 8.20. The number of sulfonamides is 1. The lowest BCUT2D eigenvalue weighted by molar-refractivity contribution is 0.218. The highest BCUT2D eigenvalue weighted by Gasteiger charge is 2.41. The Balaban J connectivity index is 1.80. The number of nitrogens with zero attached hydrogens (tertiary/aromatic N) is 6. The van der Waals surface area contributed by atoms with E-state index in [1.807, 2.05) is 0 Å². The molecule has 33 heavy (non-hydrogen) atoms. The molecule has 0 radical (unpaired) electrons. The summed E-state index contributed by atoms with van der Waals surface area (Å²) < 4.78 is 49.1. The van der Waals surface area contributed by atoms with Crippen molar-refractivity contribution in [1.82, 2.24) is 19.7 Å². The third kappa shape index (κ3) is 3.36. The molecule has 3 aromatic rings. The third-order valence-corrected chi connectivity index (χ3v) is 7.82. The van der Waals surface area contributed by atoms with Crippen LogP contribution in [0.1, 0.15) is 36.4 Å². The summed E-state index contributed by atoms with van der Waals surface area (Å²) in [6.07, 6.45) is 1.22. The second-order valence-corrected chi connectivity index (χ2v) is 10.0. The van der Waals surface area contributed by atoms with Gasteiger partial charge in [0.05, 0.1) is 40.6 Å². The molecule has 1 unspecified atom stereocenters. The van der Waals surface area contributed by atoms with Crippen LogP contribution in [0.2, 0.25) is 0 Å². The molecule has 12 heteroatoms. The summed E-state index contributed by atoms with van der Waals surface area (Å²) in [7, 11) is -2.03. The molecule has 2 aliphatic rings. The number of hydrogen-bond donors (Lipinski definition) is 1. The highest BCUT2D eigenvalue weighted by Crippen LogP contribution is 2.40. The summed E-state index contributed by atoms with van der Waals surface area (Å²) in [6, 6.07) is 5.57. The van der Waals surface area contributed by atoms with Gasteiger partial charge in [-0.3, -0.25) is 8.99 Å². The number of nitrogens with two attached hydrogens (primary N) is 1. The van der Waals surface area contributed by atoms with E-state index in [4.69, 9.17) is 10.5 Å². The van der Waals surface area contributed by atoms with E-state index in [1.54, 1.807) is 14.0 Å². The Morgan fingerprint density at radius 1 is 1.36 bits per heavy atom. The Morgan fingerprint density at radius 2 is 2.15 bits per heavy atom. The lowest BCUT2D eigenvalue weighted by Gasteiger charge is -2.29. The molecule has 2 N–H and O–H groups in total. The topological polar surface area (TPSA) is 140 Å². The van der Waals surface area contributed by atoms with Crippen LogP contribution in [0.3, 0.4) is 0 Å². The van der Waals surface area contributed by atoms with Crippen LogP contribution < -0.4 is 14.8 Å². The van der Waals surface area contributed by atoms with Crippen molar-refractivity contribution in [3.05, 3.63) is 47.2 Å². The molecule has 0 aliphatic carbocycles. The highest BCUT2D eigenvalue weighted by molar-refractivity contribution is 7.93. The maximum Gasteiger partial charge on any atom is 0.258 e. The molecule has 2 atom stereocenters. The first-order chi connectivity index (χ1) is 15.7. The molecule has 0 spiro atoms. The average molecular weight is 470 g/mol. The van der Waals surface area contributed by atoms with E-state index in [1.165, 1.54) is 33.4 Å². The van der Waals surface area contributed by atoms with Gasteiger partial charge in [-0.25, -0.2) is 22.8 Å². The Morgan fingerprint density at radius 3 is 2.91 bits per heavy atom. The first-order valence-corrected chi connectivity index (χ1v) is 11.9. The fraction of sp³-hybridized carbons (Fsp3) is 0.333. The molecule has 1 fully saturated rings. The molecule has 4 heterocycles. The van der Waals surface area contributed by atoms with E-state index in [2.05, 4.69) is 21.1 Å². The number of ether oxygens (including phenoxy) is 1. The standard InChI is InChI=1S/C21H20FN7O3S/c1-11-14-7-12(22)3-4-17(14)29-13(5-6-33(29,30)31)8-15-19(18(9-23)28(2)27-15)16-10-25-20(24)21(26-16)32-11/h3-4,7,10-11,13H,5-6,8H2,1-2H3,(H2,24,25)/t11-,13?/m1/s1. The van der Waals surface area contributed by atoms with Gasteiger partial charge in [-0.2, -0.15) is 10.4 Å². The zero-order valence-corrected chi connectivity index (χ0v) is 18.7. The predicted molar refractivity (Wildman–Crippen MR) is 117 cm³/mol. The highest BCUT2D eigenvalue weighted by atomic mass is 32.2. The summed E-state index contributed by atoms with van der Waals surface area (Å²) in [5.74, 6) is -0.577. The Bertz CT molecular complexity index is 1430. The van der Waals surface area contributed by atoms with Gasteiger partial charge >= 0.3 is 0 Å². The SMILES string of the molecule is C[C@H]1Oc2nc(cnc2N)-c2c(nn(C)c2C#N)CC2CCS(=O)(=O)N2c2ccc(F)cc21. The van der Waals surface area contributed by atoms with E-state index >= 15 is 0 Å². The molecule has 1 aromatic carbocycles. The van der Waals surface area contributed by atoms with Crippen molar-refractivity contribution in [2.75, 3.05) is 15.8 Å². The van der Waals surface area contributed by atoms with Crippen LogP contribution in [0.25, 0.3) is 11.3 Å². The molecule has 2 bridgehead atoms. The zero-order chi connectivity index (χ0) is 23.5. The second-order valence-electron chi connectivity index (χ2n) is 8.07. The molecular formula is C21H20FN7O3S. The van der Waals surface area contributed by atoms with Crippen LogP contribution in [-0.2, 0) is 23.5 Å². The van der Waals surface area contributed by atoms with E-state index in [0.717, 1.165) is 0 Å². The zero-order valence-electron chi connectivity index (χ0n) is 17.9. The number of anilines is 2. The van der Waals surface area contributed by atoms with Crippen molar-refractivity contribution < 1.29 is 17.5 Å². The van der Waals surface area contributed by atoms with Gasteiger partial charge in [0, 0.05) is 19.0 Å². The van der Waals surface area contributed by atoms with Gasteiger partial charge in [-0.1, -0.05) is 0 Å². The van der Waals surface area contributed by atoms with Crippen LogP contribution >= 0.6 is 0 Å². The smallest absolute Gasteiger partial charge is 0.258 e. The maximum atomic E-state index is 14.2. The Kier molecular flexibility index (Phi) is 4.75. The van der Waals surface area contributed by atoms with E-state index in [0.29, 0.717) is 34.6 Å². The fourth-order valence-electron chi connectivity index (χ4n) is 4.47. The summed E-state index contributed by atoms with van der Waals surface area (Å²) in [6.45, 7) is 1.66. The van der Waals surface area contributed by atoms with Gasteiger partial charge in [0.1, 0.15) is 23.7 Å². The molecule has 2 aliphatic heterocycles. The maximum absolute atomic E-state index is 14.2. The molecule has 0 amide bonds. The van der Waals surface area contributed by atoms with Crippen molar-refractivity contribution >= 4 is 21.5 Å². The first-order valence-electron chi connectivity index (χ1n) is 10.3. The van der Waals surface area contributed by atoms with E-state index in [9.17, 15) is 18.1 Å². The second kappa shape index (κ2) is 7.41. The van der Waals surface area contributed by atoms with Crippen molar-refractivity contribution in [3.8, 4) is 23.2 Å². The number of nitriles is 1. The lowest BCUT2D eigenvalue weighted by atomic mass is 10.0. The minimum atomic E-state index is -3.66. The summed E-state index contributed by atoms with van der Waals surface area (Å²) in [4.78, 5) is 8.66. The largest absolute Gasteiger partial charge is 0.467 e. The molecular weight excluding hydrogens is 449 g/mol. The number of nitrogen functional groups attached to an aromatic ring is 1. The van der Waals surface area contributed by atoms with Gasteiger partial charge < -0.3 is 10.5 Å². The number of fused-ring (bicyclic) bond motifs is 7. The van der Waals surface area contributed by atoms with Gasteiger partial charge in [0.2, 0.25) is 10.0 Å². The quantitative estimate of drug-likeness (QED) is 0.528. The predicted octanol–water partition coefficient (Wildman–Crippen LogP) is 2.07. The molecule has 5 rings (SSSR count). The number of hydrogen-bond acceptors (Lipinski definition) is 8. The van der Waals surface area contributed by atoms with Gasteiger partial charge in [-0.05, 0) is 31.5 Å². The molecule has 10 nitrogen and oxygen atoms in total. The average Bonchev–Trinajstić information content (AvgIpc) is 3.24. The number of aryl methyl sites for hydroxylation is 1. The molecule has 2 aromatic heterocycles. The van der Waals surface area contributed by atoms with E-state index in [-0.39, 0.29) is 29.6 Å². The minimum absolute atomic E-state index is 0.00435. The van der Waals surface area contributed by atoms with Crippen LogP contribution in [-0.4, -0.2) is 40.0 Å². The van der Waals surface area contributed by atoms with Crippen molar-refractivity contribution in [3.63, 3.8) is 0 Å². The van der Waals surface area contributed by atoms with Gasteiger partial charge in [0.25, 0.3) is 5.88 Å². The van der Waals surface area contributed by atoms with Crippen molar-refractivity contribution in [2.45, 2.75) is 31.9 Å². The van der Waals surface area contributed by atoms with Gasteiger partial charge in [-0.15, -0.1) is 0 Å². The van der Waals surface area contributed by atoms with Gasteiger partial charge in [0.15, 0.2) is 5.82 Å². The molecule has 1 saturated heterocycles. The summed E-state index contributed by atoms with van der Waals surface area (Å²) >= 11 is 0. The number of rotatable bonds is 0. The third-order valence-electron chi connectivity index (χ3n) is 5.97. The van der Waals surface area contributed by atoms with Crippen molar-refractivity contribution in [1.29, 1.82) is 5.26 Å². The lowest BCUT2D eigenvalue weighted by Crippen LogP contribution is -2.36. The fourth-order valence-corrected chi connectivity index (χ4v) is 6.34. The first kappa shape index (κ1) is 21.1. The molecule has 0 saturated carbocycles. The number of halogens is 1. The normalized spacial score (nSPS) is 21.0. The van der Waals surface area contributed by atoms with Crippen LogP contribution in [0.5, 0.6) is 5.88 Å².